The molecule has 4 heteroatoms. The molecule has 0 radical (unpaired) electrons. The van der Waals surface area contributed by atoms with Crippen molar-refractivity contribution in [2.75, 3.05) is 6.67 Å². The molecule has 9 heavy (non-hydrogen) atoms. The van der Waals surface area contributed by atoms with Crippen LogP contribution in [0.25, 0.3) is 0 Å². The normalized spacial score (nSPS) is 20.2. The fourth-order valence-electron chi connectivity index (χ4n) is 0.850. The Morgan fingerprint density at radius 3 is 2.00 bits per heavy atom. The van der Waals surface area contributed by atoms with Crippen LogP contribution in [0.2, 0.25) is 13.6 Å². The molecule has 1 heterocycles. The molecule has 2 N–H and O–H groups in total. The number of hydrogen-bond acceptors (Lipinski definition) is 2. The molecule has 0 fully saturated rings. The van der Waals surface area contributed by atoms with E-state index in [2.05, 4.69) is 36.1 Å². The maximum Gasteiger partial charge on any atom is 0.243 e. The first-order valence-electron chi connectivity index (χ1n) is 3.44. The molecule has 0 spiro atoms. The van der Waals surface area contributed by atoms with Crippen LogP contribution >= 0.6 is 0 Å². The van der Waals surface area contributed by atoms with Crippen molar-refractivity contribution < 1.29 is 0 Å². The fourth-order valence-corrected chi connectivity index (χ4v) is 0.850. The molecular formula is C5H12B2N2. The molecular weight excluding hydrogens is 110 g/mol. The third-order valence-electron chi connectivity index (χ3n) is 1.54. The van der Waals surface area contributed by atoms with E-state index in [0.29, 0.717) is 13.7 Å². The SMILES string of the molecule is CB1C=CB(C)NCN1. The van der Waals surface area contributed by atoms with Crippen molar-refractivity contribution in [3.63, 3.8) is 0 Å². The van der Waals surface area contributed by atoms with Gasteiger partial charge in [0.25, 0.3) is 0 Å². The molecule has 48 valence electrons. The van der Waals surface area contributed by atoms with Crippen LogP contribution in [-0.4, -0.2) is 20.4 Å². The van der Waals surface area contributed by atoms with Gasteiger partial charge in [-0.1, -0.05) is 13.6 Å². The van der Waals surface area contributed by atoms with Crippen molar-refractivity contribution in [1.82, 2.24) is 10.5 Å². The predicted molar refractivity (Wildman–Crippen MR) is 43.5 cm³/mol. The van der Waals surface area contributed by atoms with Crippen LogP contribution in [0, 0.1) is 0 Å². The van der Waals surface area contributed by atoms with E-state index in [1.54, 1.807) is 0 Å². The van der Waals surface area contributed by atoms with Gasteiger partial charge in [-0.15, -0.1) is 12.0 Å². The van der Waals surface area contributed by atoms with E-state index in [1.807, 2.05) is 0 Å². The lowest BCUT2D eigenvalue weighted by Gasteiger charge is -2.03. The Kier molecular flexibility index (Phi) is 2.37. The van der Waals surface area contributed by atoms with Gasteiger partial charge in [0.2, 0.25) is 13.7 Å². The Morgan fingerprint density at radius 2 is 1.56 bits per heavy atom. The van der Waals surface area contributed by atoms with E-state index < -0.39 is 0 Å². The van der Waals surface area contributed by atoms with Gasteiger partial charge in [-0.2, -0.15) is 0 Å². The van der Waals surface area contributed by atoms with Crippen LogP contribution in [0.5, 0.6) is 0 Å². The lowest BCUT2D eigenvalue weighted by Crippen LogP contribution is -2.39. The molecule has 0 aliphatic carbocycles. The fraction of sp³-hybridized carbons (Fsp3) is 0.600. The summed E-state index contributed by atoms with van der Waals surface area (Å²) < 4.78 is 0. The van der Waals surface area contributed by atoms with Crippen LogP contribution < -0.4 is 10.5 Å². The van der Waals surface area contributed by atoms with Gasteiger partial charge in [0.15, 0.2) is 0 Å². The van der Waals surface area contributed by atoms with E-state index in [-0.39, 0.29) is 0 Å². The molecule has 1 aliphatic rings. The molecule has 0 aromatic heterocycles. The Balaban J connectivity index is 2.43. The van der Waals surface area contributed by atoms with Crippen LogP contribution in [-0.2, 0) is 0 Å². The standard InChI is InChI=1S/C5H12B2N2/c1-6-3-4-7(2)9-5-8-6/h3-4,8-9H,5H2,1-2H3. The highest BCUT2D eigenvalue weighted by Gasteiger charge is 2.08. The third-order valence-corrected chi connectivity index (χ3v) is 1.54. The molecule has 0 unspecified atom stereocenters. The molecule has 2 nitrogen and oxygen atoms in total. The summed E-state index contributed by atoms with van der Waals surface area (Å²) in [5.41, 5.74) is 0. The monoisotopic (exact) mass is 122 g/mol. The maximum atomic E-state index is 3.28. The van der Waals surface area contributed by atoms with Crippen molar-refractivity contribution in [3.05, 3.63) is 12.0 Å². The third kappa shape index (κ3) is 2.24. The van der Waals surface area contributed by atoms with Crippen molar-refractivity contribution in [2.45, 2.75) is 13.6 Å². The lowest BCUT2D eigenvalue weighted by atomic mass is 9.59. The predicted octanol–water partition coefficient (Wildman–Crippen LogP) is 0.0139. The summed E-state index contributed by atoms with van der Waals surface area (Å²) in [5, 5.41) is 6.55. The molecule has 0 bridgehead atoms. The Hall–Kier alpha value is -0.210. The molecule has 0 aromatic rings. The zero-order chi connectivity index (χ0) is 6.69. The summed E-state index contributed by atoms with van der Waals surface area (Å²) >= 11 is 0. The maximum absolute atomic E-state index is 3.28. The molecule has 1 aliphatic heterocycles. The smallest absolute Gasteiger partial charge is 0.243 e. The number of rotatable bonds is 0. The summed E-state index contributed by atoms with van der Waals surface area (Å²) in [4.78, 5) is 0. The van der Waals surface area contributed by atoms with Gasteiger partial charge in [-0.05, 0) is 0 Å². The Morgan fingerprint density at radius 1 is 1.11 bits per heavy atom. The second-order valence-electron chi connectivity index (χ2n) is 2.55. The number of nitrogens with one attached hydrogen (secondary N) is 2. The summed E-state index contributed by atoms with van der Waals surface area (Å²) in [6.07, 6.45) is 0. The van der Waals surface area contributed by atoms with Gasteiger partial charge >= 0.3 is 0 Å². The van der Waals surface area contributed by atoms with E-state index >= 15 is 0 Å². The Bertz CT molecular complexity index is 104. The second-order valence-corrected chi connectivity index (χ2v) is 2.55. The van der Waals surface area contributed by atoms with Crippen LogP contribution in [0.1, 0.15) is 0 Å². The first kappa shape index (κ1) is 6.90. The number of hydrogen-bond donors (Lipinski definition) is 2. The van der Waals surface area contributed by atoms with E-state index in [4.69, 9.17) is 0 Å². The minimum Gasteiger partial charge on any atom is -0.341 e. The highest BCUT2D eigenvalue weighted by molar-refractivity contribution is 6.67. The minimum absolute atomic E-state index is 0.516. The van der Waals surface area contributed by atoms with Crippen molar-refractivity contribution in [2.24, 2.45) is 0 Å². The molecule has 0 saturated heterocycles. The van der Waals surface area contributed by atoms with Gasteiger partial charge in [-0.3, -0.25) is 0 Å². The zero-order valence-corrected chi connectivity index (χ0v) is 6.02. The van der Waals surface area contributed by atoms with Crippen LogP contribution in [0.3, 0.4) is 0 Å². The molecule has 0 saturated carbocycles. The van der Waals surface area contributed by atoms with Gasteiger partial charge in [0, 0.05) is 6.67 Å². The summed E-state index contributed by atoms with van der Waals surface area (Å²) in [7, 11) is 0. The first-order valence-corrected chi connectivity index (χ1v) is 3.44. The molecule has 0 atom stereocenters. The van der Waals surface area contributed by atoms with Gasteiger partial charge in [-0.25, -0.2) is 0 Å². The summed E-state index contributed by atoms with van der Waals surface area (Å²) in [6, 6.07) is 0. The van der Waals surface area contributed by atoms with Crippen LogP contribution in [0.15, 0.2) is 12.0 Å². The van der Waals surface area contributed by atoms with E-state index in [9.17, 15) is 0 Å². The van der Waals surface area contributed by atoms with Gasteiger partial charge in [0.05, 0.1) is 0 Å². The first-order chi connectivity index (χ1) is 4.29. The summed E-state index contributed by atoms with van der Waals surface area (Å²) in [5.74, 6) is 4.37. The lowest BCUT2D eigenvalue weighted by molar-refractivity contribution is 0.867. The van der Waals surface area contributed by atoms with Crippen molar-refractivity contribution in [1.29, 1.82) is 0 Å². The van der Waals surface area contributed by atoms with Gasteiger partial charge in [0.1, 0.15) is 0 Å². The molecule has 0 amide bonds. The van der Waals surface area contributed by atoms with E-state index in [1.165, 1.54) is 0 Å². The highest BCUT2D eigenvalue weighted by Crippen LogP contribution is 1.86. The second kappa shape index (κ2) is 3.08. The van der Waals surface area contributed by atoms with Crippen LogP contribution in [0.4, 0.5) is 0 Å². The largest absolute Gasteiger partial charge is 0.341 e. The van der Waals surface area contributed by atoms with E-state index in [0.717, 1.165) is 6.67 Å². The topological polar surface area (TPSA) is 24.1 Å². The van der Waals surface area contributed by atoms with Gasteiger partial charge < -0.3 is 10.5 Å². The zero-order valence-electron chi connectivity index (χ0n) is 6.02. The molecule has 0 aromatic carbocycles. The quantitative estimate of drug-likeness (QED) is 0.442. The highest BCUT2D eigenvalue weighted by atomic mass is 15.0. The van der Waals surface area contributed by atoms with Crippen molar-refractivity contribution in [3.8, 4) is 0 Å². The summed E-state index contributed by atoms with van der Waals surface area (Å²) in [6.45, 7) is 6.24. The average molecular weight is 122 g/mol. The minimum atomic E-state index is 0.516. The van der Waals surface area contributed by atoms with Crippen molar-refractivity contribution >= 4 is 13.7 Å². The average Bonchev–Trinajstić information content (AvgIpc) is 1.97. The molecule has 1 rings (SSSR count). The Labute approximate surface area is 57.3 Å².